The molecule has 0 amide bonds. The normalized spacial score (nSPS) is 15.6. The molecule has 0 spiro atoms. The number of methoxy groups -OCH3 is 1. The number of fused-ring (bicyclic) bond motifs is 1. The van der Waals surface area contributed by atoms with Gasteiger partial charge in [-0.1, -0.05) is 70.5 Å². The van der Waals surface area contributed by atoms with Crippen LogP contribution in [0.4, 0.5) is 5.69 Å². The lowest BCUT2D eigenvalue weighted by molar-refractivity contribution is 0.0938. The Morgan fingerprint density at radius 1 is 1.00 bits per heavy atom. The van der Waals surface area contributed by atoms with Crippen LogP contribution in [0.3, 0.4) is 0 Å². The SMILES string of the molecule is COC(C(c1ccc(-c2ccccc2)cc1)S(=O)(=O)O)N1CCc2cc(Br)ccc21. The quantitative estimate of drug-likeness (QED) is 0.491. The average Bonchev–Trinajstić information content (AvgIpc) is 3.14. The third-order valence-electron chi connectivity index (χ3n) is 5.45. The molecule has 7 heteroatoms. The van der Waals surface area contributed by atoms with E-state index in [-0.39, 0.29) is 0 Å². The summed E-state index contributed by atoms with van der Waals surface area (Å²) >= 11 is 3.48. The zero-order valence-electron chi connectivity index (χ0n) is 16.4. The number of rotatable bonds is 6. The molecule has 5 nitrogen and oxygen atoms in total. The molecule has 4 rings (SSSR count). The highest BCUT2D eigenvalue weighted by Gasteiger charge is 2.40. The maximum Gasteiger partial charge on any atom is 0.276 e. The molecule has 1 N–H and O–H groups in total. The van der Waals surface area contributed by atoms with Gasteiger partial charge in [0, 0.05) is 23.8 Å². The summed E-state index contributed by atoms with van der Waals surface area (Å²) in [7, 11) is -2.96. The average molecular weight is 488 g/mol. The molecule has 0 fully saturated rings. The van der Waals surface area contributed by atoms with E-state index < -0.39 is 21.6 Å². The predicted molar refractivity (Wildman–Crippen MR) is 122 cm³/mol. The minimum Gasteiger partial charge on any atom is -0.360 e. The Kier molecular flexibility index (Phi) is 5.97. The molecule has 156 valence electrons. The van der Waals surface area contributed by atoms with E-state index in [4.69, 9.17) is 4.74 Å². The number of halogens is 1. The molecule has 0 saturated carbocycles. The lowest BCUT2D eigenvalue weighted by atomic mass is 10.0. The van der Waals surface area contributed by atoms with E-state index in [0.29, 0.717) is 12.1 Å². The second kappa shape index (κ2) is 8.51. The van der Waals surface area contributed by atoms with Gasteiger partial charge in [0.25, 0.3) is 10.1 Å². The summed E-state index contributed by atoms with van der Waals surface area (Å²) in [5.74, 6) is 0. The Bertz CT molecular complexity index is 1130. The third-order valence-corrected chi connectivity index (χ3v) is 7.09. The summed E-state index contributed by atoms with van der Waals surface area (Å²) in [6.45, 7) is 0.610. The first kappa shape index (κ1) is 21.1. The fraction of sp³-hybridized carbons (Fsp3) is 0.217. The van der Waals surface area contributed by atoms with Crippen molar-refractivity contribution in [3.63, 3.8) is 0 Å². The van der Waals surface area contributed by atoms with Crippen LogP contribution >= 0.6 is 15.9 Å². The summed E-state index contributed by atoms with van der Waals surface area (Å²) in [6.07, 6.45) is -0.0789. The van der Waals surface area contributed by atoms with Gasteiger partial charge >= 0.3 is 0 Å². The number of benzene rings is 3. The molecule has 3 aromatic carbocycles. The van der Waals surface area contributed by atoms with E-state index >= 15 is 0 Å². The van der Waals surface area contributed by atoms with Crippen LogP contribution in [0.5, 0.6) is 0 Å². The van der Waals surface area contributed by atoms with Gasteiger partial charge in [-0.2, -0.15) is 8.42 Å². The fourth-order valence-electron chi connectivity index (χ4n) is 4.05. The first-order valence-electron chi connectivity index (χ1n) is 9.58. The van der Waals surface area contributed by atoms with Crippen molar-refractivity contribution in [3.05, 3.63) is 88.4 Å². The second-order valence-corrected chi connectivity index (χ2v) is 9.72. The summed E-state index contributed by atoms with van der Waals surface area (Å²) in [5.41, 5.74) is 4.52. The van der Waals surface area contributed by atoms with Crippen molar-refractivity contribution in [2.45, 2.75) is 17.9 Å². The van der Waals surface area contributed by atoms with E-state index in [9.17, 15) is 13.0 Å². The van der Waals surface area contributed by atoms with Gasteiger partial charge in [-0.3, -0.25) is 4.55 Å². The van der Waals surface area contributed by atoms with Crippen LogP contribution in [-0.4, -0.2) is 32.9 Å². The van der Waals surface area contributed by atoms with Crippen molar-refractivity contribution in [3.8, 4) is 11.1 Å². The van der Waals surface area contributed by atoms with Crippen LogP contribution in [0.1, 0.15) is 16.4 Å². The molecule has 1 aliphatic heterocycles. The third kappa shape index (κ3) is 4.16. The molecule has 2 unspecified atom stereocenters. The van der Waals surface area contributed by atoms with Crippen LogP contribution in [0, 0.1) is 0 Å². The molecule has 2 atom stereocenters. The van der Waals surface area contributed by atoms with E-state index in [1.165, 1.54) is 7.11 Å². The molecule has 30 heavy (non-hydrogen) atoms. The molecular weight excluding hydrogens is 466 g/mol. The molecule has 0 saturated heterocycles. The number of hydrogen-bond acceptors (Lipinski definition) is 4. The second-order valence-electron chi connectivity index (χ2n) is 7.27. The standard InChI is InChI=1S/C23H22BrNO4S/c1-29-23(25-14-13-19-15-20(24)11-12-21(19)25)22(30(26,27)28)18-9-7-17(8-10-18)16-5-3-2-4-6-16/h2-12,15,22-23H,13-14H2,1H3,(H,26,27,28). The summed E-state index contributed by atoms with van der Waals surface area (Å²) in [6, 6.07) is 22.9. The highest BCUT2D eigenvalue weighted by molar-refractivity contribution is 9.10. The van der Waals surface area contributed by atoms with Gasteiger partial charge in [-0.15, -0.1) is 0 Å². The van der Waals surface area contributed by atoms with E-state index in [1.807, 2.05) is 65.6 Å². The van der Waals surface area contributed by atoms with Crippen molar-refractivity contribution in [1.82, 2.24) is 0 Å². The number of nitrogens with zero attached hydrogens (tertiary/aromatic N) is 1. The van der Waals surface area contributed by atoms with Gasteiger partial charge in [0.15, 0.2) is 11.5 Å². The lowest BCUT2D eigenvalue weighted by Crippen LogP contribution is -2.43. The topological polar surface area (TPSA) is 66.8 Å². The van der Waals surface area contributed by atoms with Gasteiger partial charge in [-0.25, -0.2) is 0 Å². The fourth-order valence-corrected chi connectivity index (χ4v) is 5.52. The summed E-state index contributed by atoms with van der Waals surface area (Å²) < 4.78 is 41.7. The largest absolute Gasteiger partial charge is 0.360 e. The van der Waals surface area contributed by atoms with Gasteiger partial charge in [0.1, 0.15) is 0 Å². The number of hydrogen-bond donors (Lipinski definition) is 1. The monoisotopic (exact) mass is 487 g/mol. The van der Waals surface area contributed by atoms with Crippen molar-refractivity contribution < 1.29 is 17.7 Å². The lowest BCUT2D eigenvalue weighted by Gasteiger charge is -2.34. The maximum absolute atomic E-state index is 12.5. The minimum absolute atomic E-state index is 0.481. The van der Waals surface area contributed by atoms with E-state index in [1.54, 1.807) is 12.1 Å². The molecule has 3 aromatic rings. The molecular formula is C23H22BrNO4S. The van der Waals surface area contributed by atoms with Crippen LogP contribution in [0.2, 0.25) is 0 Å². The maximum atomic E-state index is 12.5. The minimum atomic E-state index is -4.43. The molecule has 1 aliphatic rings. The Morgan fingerprint density at radius 2 is 1.67 bits per heavy atom. The Balaban J connectivity index is 1.71. The number of ether oxygens (including phenoxy) is 1. The molecule has 1 heterocycles. The molecule has 0 radical (unpaired) electrons. The number of anilines is 1. The van der Waals surface area contributed by atoms with Gasteiger partial charge < -0.3 is 9.64 Å². The molecule has 0 aliphatic carbocycles. The van der Waals surface area contributed by atoms with Gasteiger partial charge in [0.05, 0.1) is 0 Å². The predicted octanol–water partition coefficient (Wildman–Crippen LogP) is 5.08. The Labute approximate surface area is 185 Å². The van der Waals surface area contributed by atoms with E-state index in [0.717, 1.165) is 33.3 Å². The van der Waals surface area contributed by atoms with Gasteiger partial charge in [-0.05, 0) is 46.9 Å². The Hall–Kier alpha value is -2.19. The zero-order chi connectivity index (χ0) is 21.3. The van der Waals surface area contributed by atoms with Crippen molar-refractivity contribution in [2.75, 3.05) is 18.6 Å². The van der Waals surface area contributed by atoms with Crippen LogP contribution in [-0.2, 0) is 21.3 Å². The van der Waals surface area contributed by atoms with Gasteiger partial charge in [0.2, 0.25) is 0 Å². The summed E-state index contributed by atoms with van der Waals surface area (Å²) in [5, 5.41) is -1.23. The van der Waals surface area contributed by atoms with E-state index in [2.05, 4.69) is 15.9 Å². The highest BCUT2D eigenvalue weighted by atomic mass is 79.9. The van der Waals surface area contributed by atoms with Crippen molar-refractivity contribution in [1.29, 1.82) is 0 Å². The highest BCUT2D eigenvalue weighted by Crippen LogP contribution is 2.38. The first-order chi connectivity index (χ1) is 14.4. The zero-order valence-corrected chi connectivity index (χ0v) is 18.8. The first-order valence-corrected chi connectivity index (χ1v) is 11.9. The molecule has 0 bridgehead atoms. The van der Waals surface area contributed by atoms with Crippen LogP contribution in [0.15, 0.2) is 77.3 Å². The smallest absolute Gasteiger partial charge is 0.276 e. The summed E-state index contributed by atoms with van der Waals surface area (Å²) in [4.78, 5) is 1.91. The van der Waals surface area contributed by atoms with Crippen LogP contribution < -0.4 is 4.90 Å². The Morgan fingerprint density at radius 3 is 2.30 bits per heavy atom. The van der Waals surface area contributed by atoms with Crippen LogP contribution in [0.25, 0.3) is 11.1 Å². The van der Waals surface area contributed by atoms with Crippen molar-refractivity contribution >= 4 is 31.7 Å². The molecule has 0 aromatic heterocycles. The van der Waals surface area contributed by atoms with Crippen molar-refractivity contribution in [2.24, 2.45) is 0 Å².